The number of fused-ring (bicyclic) bond motifs is 1. The highest BCUT2D eigenvalue weighted by Crippen LogP contribution is 2.59. The van der Waals surface area contributed by atoms with E-state index in [0.29, 0.717) is 25.8 Å². The fraction of sp³-hybridized carbons (Fsp3) is 0.774. The second kappa shape index (κ2) is 11.7. The molecule has 2 amide bonds. The maximum atomic E-state index is 14.8. The van der Waals surface area contributed by atoms with Gasteiger partial charge in [0.1, 0.15) is 11.6 Å². The van der Waals surface area contributed by atoms with Crippen molar-refractivity contribution < 1.29 is 29.0 Å². The van der Waals surface area contributed by atoms with Gasteiger partial charge in [0.05, 0.1) is 37.2 Å². The molecule has 0 radical (unpaired) electrons. The molecular weight excluding hydrogens is 496 g/mol. The Balaban J connectivity index is 2.12. The average molecular weight is 547 g/mol. The molecule has 2 unspecified atom stereocenters. The van der Waals surface area contributed by atoms with Crippen molar-refractivity contribution in [3.8, 4) is 0 Å². The largest absolute Gasteiger partial charge is 0.465 e. The molecule has 3 fully saturated rings. The van der Waals surface area contributed by atoms with E-state index in [1.54, 1.807) is 17.1 Å². The van der Waals surface area contributed by atoms with Crippen molar-refractivity contribution in [3.63, 3.8) is 0 Å². The molecule has 3 aliphatic heterocycles. The Kier molecular flexibility index (Phi) is 9.43. The first-order chi connectivity index (χ1) is 18.2. The third kappa shape index (κ3) is 5.69. The Bertz CT molecular complexity index is 955. The van der Waals surface area contributed by atoms with E-state index in [2.05, 4.69) is 33.9 Å². The molecule has 3 rings (SSSR count). The van der Waals surface area contributed by atoms with Crippen LogP contribution in [0.3, 0.4) is 0 Å². The molecule has 7 atom stereocenters. The lowest BCUT2D eigenvalue weighted by atomic mass is 9.70. The number of nitrogens with zero attached hydrogens (tertiary/aromatic N) is 2. The van der Waals surface area contributed by atoms with Crippen LogP contribution in [-0.4, -0.2) is 81.8 Å². The molecule has 39 heavy (non-hydrogen) atoms. The number of hydrogen-bond donors (Lipinski definition) is 1. The Morgan fingerprint density at radius 1 is 1.26 bits per heavy atom. The molecule has 3 heterocycles. The van der Waals surface area contributed by atoms with E-state index in [1.807, 2.05) is 32.6 Å². The van der Waals surface area contributed by atoms with Crippen LogP contribution in [0.1, 0.15) is 80.6 Å². The summed E-state index contributed by atoms with van der Waals surface area (Å²) in [6.45, 7) is 22.3. The van der Waals surface area contributed by atoms with E-state index in [0.717, 1.165) is 12.8 Å². The lowest BCUT2D eigenvalue weighted by Gasteiger charge is -2.47. The third-order valence-electron chi connectivity index (χ3n) is 8.93. The summed E-state index contributed by atoms with van der Waals surface area (Å²) in [6, 6.07) is -1.52. The van der Waals surface area contributed by atoms with Crippen LogP contribution in [0.15, 0.2) is 25.3 Å². The van der Waals surface area contributed by atoms with Gasteiger partial charge < -0.3 is 24.4 Å². The molecule has 8 heteroatoms. The highest BCUT2D eigenvalue weighted by molar-refractivity contribution is 5.98. The number of carbonyl (C=O) groups excluding carboxylic acids is 3. The Morgan fingerprint density at radius 2 is 1.92 bits per heavy atom. The normalized spacial score (nSPS) is 29.6. The van der Waals surface area contributed by atoms with Gasteiger partial charge in [0.2, 0.25) is 11.8 Å². The molecule has 0 saturated carbocycles. The lowest BCUT2D eigenvalue weighted by Crippen LogP contribution is -2.63. The molecule has 0 aromatic carbocycles. The Hall–Kier alpha value is -2.19. The van der Waals surface area contributed by atoms with E-state index in [4.69, 9.17) is 9.47 Å². The zero-order chi connectivity index (χ0) is 29.3. The van der Waals surface area contributed by atoms with Gasteiger partial charge in [0, 0.05) is 12.1 Å². The number of carbonyl (C=O) groups is 3. The van der Waals surface area contributed by atoms with Crippen molar-refractivity contribution in [2.24, 2.45) is 23.2 Å². The first-order valence-corrected chi connectivity index (χ1v) is 14.5. The molecule has 0 aliphatic carbocycles. The van der Waals surface area contributed by atoms with Crippen LogP contribution in [0, 0.1) is 23.2 Å². The number of rotatable bonds is 13. The summed E-state index contributed by atoms with van der Waals surface area (Å²) in [6.07, 6.45) is 5.95. The topological polar surface area (TPSA) is 96.4 Å². The molecular formula is C31H50N2O6. The lowest BCUT2D eigenvalue weighted by molar-refractivity contribution is -0.158. The van der Waals surface area contributed by atoms with Crippen LogP contribution in [0.4, 0.5) is 0 Å². The number of likely N-dealkylation sites (tertiary alicyclic amines) is 1. The summed E-state index contributed by atoms with van der Waals surface area (Å²) >= 11 is 0. The summed E-state index contributed by atoms with van der Waals surface area (Å²) in [5.74, 6) is -2.64. The summed E-state index contributed by atoms with van der Waals surface area (Å²) in [7, 11) is 0. The van der Waals surface area contributed by atoms with Gasteiger partial charge in [-0.25, -0.2) is 0 Å². The van der Waals surface area contributed by atoms with Gasteiger partial charge in [-0.3, -0.25) is 14.4 Å². The third-order valence-corrected chi connectivity index (χ3v) is 8.93. The van der Waals surface area contributed by atoms with Crippen molar-refractivity contribution >= 4 is 17.8 Å². The predicted molar refractivity (Wildman–Crippen MR) is 151 cm³/mol. The fourth-order valence-corrected chi connectivity index (χ4v) is 7.45. The summed E-state index contributed by atoms with van der Waals surface area (Å²) < 4.78 is 12.1. The maximum absolute atomic E-state index is 14.8. The molecule has 1 spiro atoms. The summed E-state index contributed by atoms with van der Waals surface area (Å²) in [5, 5.41) is 10.5. The minimum atomic E-state index is -1.14. The van der Waals surface area contributed by atoms with Gasteiger partial charge in [-0.2, -0.15) is 0 Å². The number of esters is 1. The van der Waals surface area contributed by atoms with Gasteiger partial charge in [0.15, 0.2) is 0 Å². The monoisotopic (exact) mass is 546 g/mol. The van der Waals surface area contributed by atoms with Crippen molar-refractivity contribution in [1.82, 2.24) is 9.80 Å². The smallest absolute Gasteiger partial charge is 0.312 e. The van der Waals surface area contributed by atoms with Crippen LogP contribution in [0.2, 0.25) is 0 Å². The highest BCUT2D eigenvalue weighted by atomic mass is 16.6. The molecule has 0 aromatic rings. The van der Waals surface area contributed by atoms with Crippen LogP contribution in [0.5, 0.6) is 0 Å². The number of aliphatic hydroxyl groups excluding tert-OH is 1. The molecule has 0 aromatic heterocycles. The second-order valence-electron chi connectivity index (χ2n) is 13.5. The van der Waals surface area contributed by atoms with E-state index < -0.39 is 47.1 Å². The zero-order valence-corrected chi connectivity index (χ0v) is 25.1. The van der Waals surface area contributed by atoms with Gasteiger partial charge >= 0.3 is 5.97 Å². The van der Waals surface area contributed by atoms with E-state index in [1.165, 1.54) is 0 Å². The summed E-state index contributed by atoms with van der Waals surface area (Å²) in [5.41, 5.74) is -1.74. The number of amides is 2. The minimum absolute atomic E-state index is 0.0534. The second-order valence-corrected chi connectivity index (χ2v) is 13.5. The molecule has 3 aliphatic rings. The van der Waals surface area contributed by atoms with Crippen molar-refractivity contribution in [2.75, 3.05) is 19.8 Å². The van der Waals surface area contributed by atoms with Gasteiger partial charge in [0.25, 0.3) is 0 Å². The minimum Gasteiger partial charge on any atom is -0.465 e. The molecule has 3 saturated heterocycles. The van der Waals surface area contributed by atoms with Gasteiger partial charge in [-0.15, -0.1) is 13.2 Å². The Labute approximate surface area is 234 Å². The van der Waals surface area contributed by atoms with Gasteiger partial charge in [-0.1, -0.05) is 53.2 Å². The SMILES string of the molecule is C=CCCOC(=O)[C@@H]1[C@@H]2CCC3(O2)C(C(=O)N(CC=C)C(C)(C)CC(C)(C)C)N([C@@H](CO)[C@@H](C)CC)C(=O)[C@H]13. The first-order valence-electron chi connectivity index (χ1n) is 14.5. The van der Waals surface area contributed by atoms with Gasteiger partial charge in [-0.05, 0) is 50.9 Å². The zero-order valence-electron chi connectivity index (χ0n) is 25.1. The molecule has 1 N–H and O–H groups in total. The standard InChI is InChI=1S/C31H50N2O6/c1-10-13-17-38-28(37)23-22-14-15-31(39-22)24(23)26(35)33(21(18-34)20(4)12-3)25(31)27(36)32(16-11-2)30(8,9)19-29(5,6)7/h10-11,20-25,34H,1-2,12-19H2,3-9H3/t20-,21-,22-,23+,24-,25?,31?/m0/s1. The van der Waals surface area contributed by atoms with E-state index in [9.17, 15) is 19.5 Å². The van der Waals surface area contributed by atoms with Crippen LogP contribution in [0.25, 0.3) is 0 Å². The Morgan fingerprint density at radius 3 is 2.46 bits per heavy atom. The molecule has 2 bridgehead atoms. The number of ether oxygens (including phenoxy) is 2. The first kappa shape index (κ1) is 31.3. The van der Waals surface area contributed by atoms with E-state index >= 15 is 0 Å². The van der Waals surface area contributed by atoms with Crippen LogP contribution < -0.4 is 0 Å². The predicted octanol–water partition coefficient (Wildman–Crippen LogP) is 4.12. The van der Waals surface area contributed by atoms with Crippen molar-refractivity contribution in [3.05, 3.63) is 25.3 Å². The fourth-order valence-electron chi connectivity index (χ4n) is 7.45. The van der Waals surface area contributed by atoms with Crippen molar-refractivity contribution in [2.45, 2.75) is 110 Å². The maximum Gasteiger partial charge on any atom is 0.312 e. The molecule has 220 valence electrons. The van der Waals surface area contributed by atoms with E-state index in [-0.39, 0.29) is 36.4 Å². The molecule has 8 nitrogen and oxygen atoms in total. The van der Waals surface area contributed by atoms with Crippen LogP contribution >= 0.6 is 0 Å². The number of aliphatic hydroxyl groups is 1. The number of hydrogen-bond acceptors (Lipinski definition) is 6. The van der Waals surface area contributed by atoms with Crippen LogP contribution in [-0.2, 0) is 23.9 Å². The average Bonchev–Trinajstić information content (AvgIpc) is 3.48. The quantitative estimate of drug-likeness (QED) is 0.212. The summed E-state index contributed by atoms with van der Waals surface area (Å²) in [4.78, 5) is 45.8. The highest BCUT2D eigenvalue weighted by Gasteiger charge is 2.76. The van der Waals surface area contributed by atoms with Crippen molar-refractivity contribution in [1.29, 1.82) is 0 Å².